The summed E-state index contributed by atoms with van der Waals surface area (Å²) in [5.41, 5.74) is 0. The molecule has 0 amide bonds. The van der Waals surface area contributed by atoms with Crippen LogP contribution in [0.4, 0.5) is 0 Å². The Bertz CT molecular complexity index is 204. The van der Waals surface area contributed by atoms with Crippen LogP contribution in [0.3, 0.4) is 0 Å². The van der Waals surface area contributed by atoms with Crippen molar-refractivity contribution < 1.29 is 9.47 Å². The van der Waals surface area contributed by atoms with Crippen LogP contribution in [0.15, 0.2) is 12.2 Å². The molecule has 11 heavy (non-hydrogen) atoms. The molecule has 3 rings (SSSR count). The summed E-state index contributed by atoms with van der Waals surface area (Å²) >= 11 is 0. The molecule has 0 aromatic rings. The standard InChI is InChI=1S/C9H12O2/c1-2-8-7(1)3-4-9(8)10-5-6-11-9/h1-2,7-8H,3-6H2/t7-,8+/m0/s1. The molecular formula is C9H12O2. The molecule has 0 bridgehead atoms. The van der Waals surface area contributed by atoms with Gasteiger partial charge in [0.05, 0.1) is 13.2 Å². The lowest BCUT2D eigenvalue weighted by atomic mass is 9.83. The zero-order chi connectivity index (χ0) is 7.31. The Morgan fingerprint density at radius 1 is 1.18 bits per heavy atom. The molecule has 2 nitrogen and oxygen atoms in total. The van der Waals surface area contributed by atoms with E-state index in [9.17, 15) is 0 Å². The first kappa shape index (κ1) is 6.21. The van der Waals surface area contributed by atoms with Crippen molar-refractivity contribution in [2.24, 2.45) is 11.8 Å². The predicted octanol–water partition coefficient (Wildman–Crippen LogP) is 1.33. The van der Waals surface area contributed by atoms with E-state index in [-0.39, 0.29) is 5.79 Å². The zero-order valence-electron chi connectivity index (χ0n) is 6.45. The Morgan fingerprint density at radius 2 is 2.00 bits per heavy atom. The number of hydrogen-bond acceptors (Lipinski definition) is 2. The Hall–Kier alpha value is -0.340. The van der Waals surface area contributed by atoms with E-state index in [0.717, 1.165) is 25.6 Å². The van der Waals surface area contributed by atoms with Gasteiger partial charge in [-0.2, -0.15) is 0 Å². The molecule has 1 spiro atoms. The van der Waals surface area contributed by atoms with Crippen LogP contribution in [-0.4, -0.2) is 19.0 Å². The number of rotatable bonds is 0. The second-order valence-electron chi connectivity index (χ2n) is 3.62. The molecular weight excluding hydrogens is 140 g/mol. The van der Waals surface area contributed by atoms with Crippen LogP contribution in [0.5, 0.6) is 0 Å². The van der Waals surface area contributed by atoms with Crippen molar-refractivity contribution in [3.8, 4) is 0 Å². The minimum atomic E-state index is -0.181. The lowest BCUT2D eigenvalue weighted by Crippen LogP contribution is -2.37. The largest absolute Gasteiger partial charge is 0.347 e. The topological polar surface area (TPSA) is 18.5 Å². The molecule has 1 aliphatic heterocycles. The van der Waals surface area contributed by atoms with E-state index < -0.39 is 0 Å². The van der Waals surface area contributed by atoms with E-state index >= 15 is 0 Å². The van der Waals surface area contributed by atoms with E-state index in [1.165, 1.54) is 6.42 Å². The van der Waals surface area contributed by atoms with Gasteiger partial charge in [0.2, 0.25) is 0 Å². The smallest absolute Gasteiger partial charge is 0.175 e. The Kier molecular flexibility index (Phi) is 1.06. The molecule has 2 aliphatic carbocycles. The van der Waals surface area contributed by atoms with Gasteiger partial charge in [0, 0.05) is 12.3 Å². The lowest BCUT2D eigenvalue weighted by molar-refractivity contribution is -0.176. The molecule has 2 atom stereocenters. The Balaban J connectivity index is 1.92. The second-order valence-corrected chi connectivity index (χ2v) is 3.62. The molecule has 1 saturated heterocycles. The van der Waals surface area contributed by atoms with Crippen LogP contribution in [0.1, 0.15) is 12.8 Å². The van der Waals surface area contributed by atoms with Gasteiger partial charge in [0.25, 0.3) is 0 Å². The summed E-state index contributed by atoms with van der Waals surface area (Å²) < 4.78 is 11.3. The van der Waals surface area contributed by atoms with Crippen molar-refractivity contribution in [2.45, 2.75) is 18.6 Å². The maximum absolute atomic E-state index is 5.66. The second kappa shape index (κ2) is 1.87. The fourth-order valence-electron chi connectivity index (χ4n) is 2.47. The summed E-state index contributed by atoms with van der Waals surface area (Å²) in [7, 11) is 0. The highest BCUT2D eigenvalue weighted by atomic mass is 16.7. The molecule has 2 heteroatoms. The molecule has 1 saturated carbocycles. The van der Waals surface area contributed by atoms with Crippen molar-refractivity contribution in [3.63, 3.8) is 0 Å². The number of ether oxygens (including phenoxy) is 2. The van der Waals surface area contributed by atoms with Crippen molar-refractivity contribution in [1.82, 2.24) is 0 Å². The third kappa shape index (κ3) is 0.644. The number of hydrogen-bond donors (Lipinski definition) is 0. The first-order chi connectivity index (χ1) is 5.41. The normalized spacial score (nSPS) is 44.4. The number of allylic oxidation sites excluding steroid dienone is 1. The quantitative estimate of drug-likeness (QED) is 0.487. The predicted molar refractivity (Wildman–Crippen MR) is 40.0 cm³/mol. The molecule has 0 aromatic carbocycles. The first-order valence-corrected chi connectivity index (χ1v) is 4.37. The summed E-state index contributed by atoms with van der Waals surface area (Å²) in [6, 6.07) is 0. The van der Waals surface area contributed by atoms with Crippen LogP contribution in [0, 0.1) is 11.8 Å². The monoisotopic (exact) mass is 152 g/mol. The van der Waals surface area contributed by atoms with Gasteiger partial charge in [-0.3, -0.25) is 0 Å². The SMILES string of the molecule is C1=C[C@H]2CCC3(OCCO3)[C@H]12. The summed E-state index contributed by atoms with van der Waals surface area (Å²) in [5, 5.41) is 0. The van der Waals surface area contributed by atoms with Crippen LogP contribution < -0.4 is 0 Å². The van der Waals surface area contributed by atoms with Crippen LogP contribution in [0.25, 0.3) is 0 Å². The van der Waals surface area contributed by atoms with Crippen LogP contribution in [0.2, 0.25) is 0 Å². The molecule has 0 radical (unpaired) electrons. The van der Waals surface area contributed by atoms with E-state index in [1.807, 2.05) is 0 Å². The van der Waals surface area contributed by atoms with E-state index in [1.54, 1.807) is 0 Å². The summed E-state index contributed by atoms with van der Waals surface area (Å²) in [5.74, 6) is 1.15. The van der Waals surface area contributed by atoms with Gasteiger partial charge in [-0.05, 0) is 12.3 Å². The van der Waals surface area contributed by atoms with Crippen LogP contribution >= 0.6 is 0 Å². The van der Waals surface area contributed by atoms with E-state index in [4.69, 9.17) is 9.47 Å². The fourth-order valence-corrected chi connectivity index (χ4v) is 2.47. The highest BCUT2D eigenvalue weighted by Gasteiger charge is 2.53. The third-order valence-electron chi connectivity index (χ3n) is 3.14. The molecule has 3 aliphatic rings. The van der Waals surface area contributed by atoms with Gasteiger partial charge in [-0.1, -0.05) is 12.2 Å². The fraction of sp³-hybridized carbons (Fsp3) is 0.778. The van der Waals surface area contributed by atoms with Gasteiger partial charge in [-0.25, -0.2) is 0 Å². The maximum atomic E-state index is 5.66. The summed E-state index contributed by atoms with van der Waals surface area (Å²) in [6.45, 7) is 1.58. The first-order valence-electron chi connectivity index (χ1n) is 4.37. The van der Waals surface area contributed by atoms with Gasteiger partial charge >= 0.3 is 0 Å². The summed E-state index contributed by atoms with van der Waals surface area (Å²) in [4.78, 5) is 0. The maximum Gasteiger partial charge on any atom is 0.175 e. The zero-order valence-corrected chi connectivity index (χ0v) is 6.45. The van der Waals surface area contributed by atoms with Gasteiger partial charge in [-0.15, -0.1) is 0 Å². The van der Waals surface area contributed by atoms with Crippen molar-refractivity contribution in [3.05, 3.63) is 12.2 Å². The summed E-state index contributed by atoms with van der Waals surface area (Å²) in [6.07, 6.45) is 6.87. The molecule has 0 aromatic heterocycles. The minimum absolute atomic E-state index is 0.181. The molecule has 0 N–H and O–H groups in total. The van der Waals surface area contributed by atoms with Gasteiger partial charge in [0.15, 0.2) is 5.79 Å². The van der Waals surface area contributed by atoms with Crippen molar-refractivity contribution in [2.75, 3.05) is 13.2 Å². The molecule has 2 fully saturated rings. The van der Waals surface area contributed by atoms with Gasteiger partial charge in [0.1, 0.15) is 0 Å². The third-order valence-corrected chi connectivity index (χ3v) is 3.14. The lowest BCUT2D eigenvalue weighted by Gasteiger charge is -2.33. The Labute approximate surface area is 66.2 Å². The molecule has 60 valence electrons. The van der Waals surface area contributed by atoms with Gasteiger partial charge < -0.3 is 9.47 Å². The molecule has 0 unspecified atom stereocenters. The average Bonchev–Trinajstić information content (AvgIpc) is 2.43. The Morgan fingerprint density at radius 3 is 2.55 bits per heavy atom. The van der Waals surface area contributed by atoms with Crippen molar-refractivity contribution >= 4 is 0 Å². The highest BCUT2D eigenvalue weighted by molar-refractivity contribution is 5.18. The molecule has 1 heterocycles. The van der Waals surface area contributed by atoms with E-state index in [0.29, 0.717) is 5.92 Å². The highest BCUT2D eigenvalue weighted by Crippen LogP contribution is 2.51. The van der Waals surface area contributed by atoms with E-state index in [2.05, 4.69) is 12.2 Å². The average molecular weight is 152 g/mol. The van der Waals surface area contributed by atoms with Crippen molar-refractivity contribution in [1.29, 1.82) is 0 Å². The van der Waals surface area contributed by atoms with Crippen LogP contribution in [-0.2, 0) is 9.47 Å². The number of fused-ring (bicyclic) bond motifs is 2. The minimum Gasteiger partial charge on any atom is -0.347 e.